The van der Waals surface area contributed by atoms with Gasteiger partial charge in [-0.25, -0.2) is 0 Å². The van der Waals surface area contributed by atoms with Crippen LogP contribution in [0.2, 0.25) is 0 Å². The molecule has 1 amide bonds. The van der Waals surface area contributed by atoms with Gasteiger partial charge < -0.3 is 10.1 Å². The second-order valence-corrected chi connectivity index (χ2v) is 5.26. The number of pyridine rings is 1. The number of carbonyl (C=O) groups excluding carboxylic acids is 2. The molecule has 1 N–H and O–H groups in total. The van der Waals surface area contributed by atoms with Gasteiger partial charge in [-0.15, -0.1) is 0 Å². The number of hydrogen-bond donors (Lipinski definition) is 1. The van der Waals surface area contributed by atoms with Gasteiger partial charge in [0, 0.05) is 17.5 Å². The highest BCUT2D eigenvalue weighted by Crippen LogP contribution is 2.35. The Labute approximate surface area is 122 Å². The number of nitrogens with one attached hydrogen (secondary N) is 1. The van der Waals surface area contributed by atoms with Crippen molar-refractivity contribution in [2.24, 2.45) is 11.8 Å². The molecule has 5 heteroatoms. The van der Waals surface area contributed by atoms with Gasteiger partial charge in [-0.2, -0.15) is 0 Å². The molecule has 0 unspecified atom stereocenters. The van der Waals surface area contributed by atoms with Crippen LogP contribution >= 0.6 is 0 Å². The van der Waals surface area contributed by atoms with Gasteiger partial charge in [0.05, 0.1) is 24.2 Å². The molecule has 1 saturated carbocycles. The number of amides is 1. The number of para-hydroxylation sites is 1. The lowest BCUT2D eigenvalue weighted by Gasteiger charge is -2.31. The maximum Gasteiger partial charge on any atom is 0.308 e. The van der Waals surface area contributed by atoms with Crippen LogP contribution in [0.15, 0.2) is 36.5 Å². The van der Waals surface area contributed by atoms with E-state index >= 15 is 0 Å². The van der Waals surface area contributed by atoms with Crippen molar-refractivity contribution in [2.75, 3.05) is 12.4 Å². The van der Waals surface area contributed by atoms with E-state index in [9.17, 15) is 9.59 Å². The van der Waals surface area contributed by atoms with E-state index in [4.69, 9.17) is 0 Å². The van der Waals surface area contributed by atoms with Crippen LogP contribution in [0.4, 0.5) is 5.69 Å². The molecule has 0 spiro atoms. The third-order valence-electron chi connectivity index (χ3n) is 3.93. The minimum Gasteiger partial charge on any atom is -0.469 e. The van der Waals surface area contributed by atoms with Crippen molar-refractivity contribution in [1.29, 1.82) is 0 Å². The normalized spacial score (nSPS) is 20.6. The minimum atomic E-state index is -0.231. The summed E-state index contributed by atoms with van der Waals surface area (Å²) in [7, 11) is 1.37. The zero-order valence-electron chi connectivity index (χ0n) is 11.7. The summed E-state index contributed by atoms with van der Waals surface area (Å²) in [6.07, 6.45) is 2.81. The van der Waals surface area contributed by atoms with Gasteiger partial charge in [-0.1, -0.05) is 18.2 Å². The predicted molar refractivity (Wildman–Crippen MR) is 78.6 cm³/mol. The fraction of sp³-hybridized carbons (Fsp3) is 0.312. The smallest absolute Gasteiger partial charge is 0.308 e. The van der Waals surface area contributed by atoms with Crippen LogP contribution in [0.3, 0.4) is 0 Å². The Bertz CT molecular complexity index is 687. The molecule has 3 rings (SSSR count). The molecule has 2 aromatic rings. The maximum absolute atomic E-state index is 12.2. The Balaban J connectivity index is 1.69. The summed E-state index contributed by atoms with van der Waals surface area (Å²) >= 11 is 0. The summed E-state index contributed by atoms with van der Waals surface area (Å²) < 4.78 is 4.68. The Morgan fingerprint density at radius 1 is 1.19 bits per heavy atom. The SMILES string of the molecule is COC(=O)C1CC(C(=O)Nc2cccc3cccnc23)C1. The van der Waals surface area contributed by atoms with Crippen LogP contribution in [0.25, 0.3) is 10.9 Å². The molecule has 1 aliphatic rings. The van der Waals surface area contributed by atoms with Gasteiger partial charge in [0.1, 0.15) is 0 Å². The Morgan fingerprint density at radius 3 is 2.71 bits per heavy atom. The van der Waals surface area contributed by atoms with Crippen molar-refractivity contribution < 1.29 is 14.3 Å². The molecule has 0 atom stereocenters. The van der Waals surface area contributed by atoms with Crippen LogP contribution in [-0.4, -0.2) is 24.0 Å². The molecule has 1 heterocycles. The second kappa shape index (κ2) is 5.52. The topological polar surface area (TPSA) is 68.3 Å². The lowest BCUT2D eigenvalue weighted by Crippen LogP contribution is -2.38. The number of ether oxygens (including phenoxy) is 1. The number of carbonyl (C=O) groups is 2. The van der Waals surface area contributed by atoms with Crippen LogP contribution in [0, 0.1) is 11.8 Å². The van der Waals surface area contributed by atoms with Gasteiger partial charge in [0.2, 0.25) is 5.91 Å². The lowest BCUT2D eigenvalue weighted by molar-refractivity contribution is -0.151. The van der Waals surface area contributed by atoms with Gasteiger partial charge in [-0.05, 0) is 25.0 Å². The Kier molecular flexibility index (Phi) is 3.56. The Hall–Kier alpha value is -2.43. The van der Waals surface area contributed by atoms with Crippen LogP contribution in [0.5, 0.6) is 0 Å². The first-order valence-electron chi connectivity index (χ1n) is 6.91. The Morgan fingerprint density at radius 2 is 1.95 bits per heavy atom. The van der Waals surface area contributed by atoms with E-state index in [1.807, 2.05) is 30.3 Å². The second-order valence-electron chi connectivity index (χ2n) is 5.26. The van der Waals surface area contributed by atoms with E-state index in [1.54, 1.807) is 6.20 Å². The standard InChI is InChI=1S/C16H16N2O3/c1-21-16(20)12-8-11(9-12)15(19)18-13-6-2-4-10-5-3-7-17-14(10)13/h2-7,11-12H,8-9H2,1H3,(H,18,19). The molecule has 1 aromatic carbocycles. The van der Waals surface area contributed by atoms with E-state index in [0.717, 1.165) is 10.9 Å². The summed E-state index contributed by atoms with van der Waals surface area (Å²) in [6, 6.07) is 9.49. The molecule has 0 bridgehead atoms. The summed E-state index contributed by atoms with van der Waals surface area (Å²) in [5.41, 5.74) is 1.48. The molecule has 1 aliphatic carbocycles. The zero-order chi connectivity index (χ0) is 14.8. The van der Waals surface area contributed by atoms with E-state index in [2.05, 4.69) is 15.0 Å². The number of rotatable bonds is 3. The van der Waals surface area contributed by atoms with Gasteiger partial charge in [-0.3, -0.25) is 14.6 Å². The van der Waals surface area contributed by atoms with Crippen molar-refractivity contribution >= 4 is 28.5 Å². The van der Waals surface area contributed by atoms with E-state index < -0.39 is 0 Å². The number of methoxy groups -OCH3 is 1. The number of hydrogen-bond acceptors (Lipinski definition) is 4. The molecular weight excluding hydrogens is 268 g/mol. The lowest BCUT2D eigenvalue weighted by atomic mass is 9.74. The number of aromatic nitrogens is 1. The summed E-state index contributed by atoms with van der Waals surface area (Å²) in [5, 5.41) is 3.89. The number of esters is 1. The molecule has 1 fully saturated rings. The number of benzene rings is 1. The number of fused-ring (bicyclic) bond motifs is 1. The third kappa shape index (κ3) is 2.59. The van der Waals surface area contributed by atoms with Gasteiger partial charge in [0.15, 0.2) is 0 Å². The molecule has 0 aliphatic heterocycles. The first-order valence-corrected chi connectivity index (χ1v) is 6.91. The number of nitrogens with zero attached hydrogens (tertiary/aromatic N) is 1. The molecule has 0 radical (unpaired) electrons. The summed E-state index contributed by atoms with van der Waals surface area (Å²) in [5.74, 6) is -0.566. The summed E-state index contributed by atoms with van der Waals surface area (Å²) in [6.45, 7) is 0. The third-order valence-corrected chi connectivity index (χ3v) is 3.93. The van der Waals surface area contributed by atoms with Gasteiger partial charge in [0.25, 0.3) is 0 Å². The highest BCUT2D eigenvalue weighted by Gasteiger charge is 2.39. The average Bonchev–Trinajstić information content (AvgIpc) is 2.46. The first-order chi connectivity index (χ1) is 10.2. The van der Waals surface area contributed by atoms with Crippen LogP contribution in [0.1, 0.15) is 12.8 Å². The summed E-state index contributed by atoms with van der Waals surface area (Å²) in [4.78, 5) is 27.8. The highest BCUT2D eigenvalue weighted by molar-refractivity contribution is 6.01. The van der Waals surface area contributed by atoms with Gasteiger partial charge >= 0.3 is 5.97 Å². The fourth-order valence-electron chi connectivity index (χ4n) is 2.63. The largest absolute Gasteiger partial charge is 0.469 e. The molecule has 21 heavy (non-hydrogen) atoms. The van der Waals surface area contributed by atoms with E-state index in [-0.39, 0.29) is 23.7 Å². The van der Waals surface area contributed by atoms with Crippen LogP contribution in [-0.2, 0) is 14.3 Å². The molecule has 5 nitrogen and oxygen atoms in total. The molecule has 0 saturated heterocycles. The van der Waals surface area contributed by atoms with Crippen molar-refractivity contribution in [1.82, 2.24) is 4.98 Å². The molecule has 108 valence electrons. The van der Waals surface area contributed by atoms with Crippen molar-refractivity contribution in [3.8, 4) is 0 Å². The maximum atomic E-state index is 12.2. The average molecular weight is 284 g/mol. The zero-order valence-corrected chi connectivity index (χ0v) is 11.7. The van der Waals surface area contributed by atoms with E-state index in [0.29, 0.717) is 18.5 Å². The minimum absolute atomic E-state index is 0.0618. The monoisotopic (exact) mass is 284 g/mol. The van der Waals surface area contributed by atoms with Crippen LogP contribution < -0.4 is 5.32 Å². The molecule has 1 aromatic heterocycles. The highest BCUT2D eigenvalue weighted by atomic mass is 16.5. The van der Waals surface area contributed by atoms with E-state index in [1.165, 1.54) is 7.11 Å². The first kappa shape index (κ1) is 13.5. The number of anilines is 1. The fourth-order valence-corrected chi connectivity index (χ4v) is 2.63. The van der Waals surface area contributed by atoms with Crippen molar-refractivity contribution in [2.45, 2.75) is 12.8 Å². The quantitative estimate of drug-likeness (QED) is 0.879. The molecular formula is C16H16N2O3. The predicted octanol–water partition coefficient (Wildman–Crippen LogP) is 2.37. The van der Waals surface area contributed by atoms with Crippen molar-refractivity contribution in [3.63, 3.8) is 0 Å². The van der Waals surface area contributed by atoms with Crippen molar-refractivity contribution in [3.05, 3.63) is 36.5 Å².